The summed E-state index contributed by atoms with van der Waals surface area (Å²) in [5, 5.41) is 44.3. The van der Waals surface area contributed by atoms with Crippen LogP contribution in [-0.2, 0) is 31.9 Å². The van der Waals surface area contributed by atoms with Crippen LogP contribution in [0, 0.1) is 5.92 Å². The molecule has 1 amide bonds. The number of carbonyl (C=O) groups excluding carboxylic acids is 2. The van der Waals surface area contributed by atoms with E-state index in [1.54, 1.807) is 13.2 Å². The van der Waals surface area contributed by atoms with E-state index in [4.69, 9.17) is 23.4 Å². The van der Waals surface area contributed by atoms with Gasteiger partial charge in [-0.3, -0.25) is 9.59 Å². The highest BCUT2D eigenvalue weighted by molar-refractivity contribution is 5.95. The molecule has 1 aliphatic carbocycles. The molecule has 7 atom stereocenters. The molecule has 12 nitrogen and oxygen atoms in total. The zero-order valence-corrected chi connectivity index (χ0v) is 21.2. The van der Waals surface area contributed by atoms with Gasteiger partial charge in [0.2, 0.25) is 17.9 Å². The van der Waals surface area contributed by atoms with Crippen molar-refractivity contribution in [3.63, 3.8) is 0 Å². The Kier molecular flexibility index (Phi) is 7.51. The number of fused-ring (bicyclic) bond motifs is 3. The second-order valence-corrected chi connectivity index (χ2v) is 9.93. The monoisotopic (exact) mass is 535 g/mol. The minimum absolute atomic E-state index is 0.0462. The average molecular weight is 536 g/mol. The predicted octanol–water partition coefficient (Wildman–Crippen LogP) is -0.108. The number of aliphatic hydroxyl groups is 4. The lowest BCUT2D eigenvalue weighted by Gasteiger charge is -2.40. The Morgan fingerprint density at radius 1 is 1.13 bits per heavy atom. The lowest BCUT2D eigenvalue weighted by atomic mass is 9.80. The van der Waals surface area contributed by atoms with Crippen LogP contribution in [0.25, 0.3) is 11.0 Å². The second-order valence-electron chi connectivity index (χ2n) is 9.93. The molecular formula is C26H33NO11. The van der Waals surface area contributed by atoms with Crippen LogP contribution in [0.1, 0.15) is 42.4 Å². The first-order chi connectivity index (χ1) is 18.3. The van der Waals surface area contributed by atoms with Gasteiger partial charge in [0.05, 0.1) is 32.5 Å². The number of rotatable bonds is 7. The summed E-state index contributed by atoms with van der Waals surface area (Å²) in [5.74, 6) is -0.577. The van der Waals surface area contributed by atoms with E-state index in [0.29, 0.717) is 37.0 Å². The fourth-order valence-electron chi connectivity index (χ4n) is 5.71. The van der Waals surface area contributed by atoms with Gasteiger partial charge >= 0.3 is 5.97 Å². The standard InChI is InChI=1S/C26H33NO11/c1-3-35-25(33)11-4-5-13-14(6-11)22(38-26-21(32)20(31)19(30)16(9-28)37-26)24(34-2)23-18(13)15(10-36-23)12-7-17(29)27-8-12/h10-12,16,19-21,26,28,30-32H,3-9H2,1-2H3,(H,27,29). The minimum Gasteiger partial charge on any atom is -0.490 e. The van der Waals surface area contributed by atoms with Crippen LogP contribution in [0.5, 0.6) is 11.5 Å². The average Bonchev–Trinajstić information content (AvgIpc) is 3.55. The number of hydrogen-bond donors (Lipinski definition) is 5. The molecule has 3 heterocycles. The summed E-state index contributed by atoms with van der Waals surface area (Å²) >= 11 is 0. The van der Waals surface area contributed by atoms with E-state index in [-0.39, 0.29) is 42.3 Å². The zero-order chi connectivity index (χ0) is 27.1. The number of hydrogen-bond acceptors (Lipinski definition) is 11. The third kappa shape index (κ3) is 4.50. The van der Waals surface area contributed by atoms with Gasteiger partial charge in [-0.2, -0.15) is 0 Å². The number of ether oxygens (including phenoxy) is 4. The first kappa shape index (κ1) is 26.7. The summed E-state index contributed by atoms with van der Waals surface area (Å²) in [7, 11) is 1.43. The molecule has 38 heavy (non-hydrogen) atoms. The topological polar surface area (TPSA) is 177 Å². The molecule has 0 saturated carbocycles. The smallest absolute Gasteiger partial charge is 0.309 e. The maximum Gasteiger partial charge on any atom is 0.309 e. The van der Waals surface area contributed by atoms with Gasteiger partial charge in [-0.05, 0) is 31.7 Å². The van der Waals surface area contributed by atoms with Gasteiger partial charge in [0.25, 0.3) is 0 Å². The molecule has 12 heteroatoms. The van der Waals surface area contributed by atoms with Crippen LogP contribution in [0.3, 0.4) is 0 Å². The minimum atomic E-state index is -1.64. The molecule has 0 spiro atoms. The lowest BCUT2D eigenvalue weighted by molar-refractivity contribution is -0.277. The van der Waals surface area contributed by atoms with Gasteiger partial charge in [0, 0.05) is 35.4 Å². The van der Waals surface area contributed by atoms with Gasteiger partial charge < -0.3 is 49.1 Å². The Labute approximate surface area is 218 Å². The molecule has 3 aliphatic rings. The van der Waals surface area contributed by atoms with Crippen molar-refractivity contribution >= 4 is 22.8 Å². The van der Waals surface area contributed by atoms with Crippen LogP contribution in [0.2, 0.25) is 0 Å². The SMILES string of the molecule is CCOC(=O)C1CCc2c(c(OC3OC(CO)C(O)C(O)C3O)c(OC)c3occ(C4CNC(=O)C4)c23)C1. The molecule has 208 valence electrons. The number of aliphatic hydroxyl groups excluding tert-OH is 4. The molecule has 2 aliphatic heterocycles. The summed E-state index contributed by atoms with van der Waals surface area (Å²) in [6.45, 7) is 1.84. The largest absolute Gasteiger partial charge is 0.490 e. The van der Waals surface area contributed by atoms with Gasteiger partial charge in [0.15, 0.2) is 11.3 Å². The number of nitrogens with one attached hydrogen (secondary N) is 1. The van der Waals surface area contributed by atoms with E-state index in [0.717, 1.165) is 16.5 Å². The van der Waals surface area contributed by atoms with E-state index in [9.17, 15) is 30.0 Å². The molecule has 7 unspecified atom stereocenters. The van der Waals surface area contributed by atoms with E-state index >= 15 is 0 Å². The van der Waals surface area contributed by atoms with Crippen molar-refractivity contribution in [1.29, 1.82) is 0 Å². The zero-order valence-electron chi connectivity index (χ0n) is 21.2. The summed E-state index contributed by atoms with van der Waals surface area (Å²) in [4.78, 5) is 24.6. The van der Waals surface area contributed by atoms with E-state index < -0.39 is 43.2 Å². The van der Waals surface area contributed by atoms with E-state index in [1.165, 1.54) is 7.11 Å². The highest BCUT2D eigenvalue weighted by atomic mass is 16.7. The summed E-state index contributed by atoms with van der Waals surface area (Å²) < 4.78 is 28.7. The molecule has 5 N–H and O–H groups in total. The fraction of sp³-hybridized carbons (Fsp3) is 0.615. The van der Waals surface area contributed by atoms with Crippen molar-refractivity contribution in [2.24, 2.45) is 5.92 Å². The van der Waals surface area contributed by atoms with Crippen LogP contribution < -0.4 is 14.8 Å². The Morgan fingerprint density at radius 2 is 1.92 bits per heavy atom. The summed E-state index contributed by atoms with van der Waals surface area (Å²) in [5.41, 5.74) is 2.73. The van der Waals surface area contributed by atoms with Crippen molar-refractivity contribution in [2.75, 3.05) is 26.9 Å². The Balaban J connectivity index is 1.63. The number of carbonyl (C=O) groups is 2. The van der Waals surface area contributed by atoms with Crippen molar-refractivity contribution in [3.8, 4) is 11.5 Å². The van der Waals surface area contributed by atoms with Gasteiger partial charge in [-0.1, -0.05) is 0 Å². The molecule has 1 aromatic heterocycles. The molecule has 0 bridgehead atoms. The first-order valence-corrected chi connectivity index (χ1v) is 12.8. The van der Waals surface area contributed by atoms with Crippen LogP contribution in [0.15, 0.2) is 10.7 Å². The maximum atomic E-state index is 12.7. The Bertz CT molecular complexity index is 1210. The van der Waals surface area contributed by atoms with Crippen molar-refractivity contribution in [1.82, 2.24) is 5.32 Å². The maximum absolute atomic E-state index is 12.7. The summed E-state index contributed by atoms with van der Waals surface area (Å²) in [6.07, 6.45) is -4.26. The van der Waals surface area contributed by atoms with E-state index in [1.807, 2.05) is 0 Å². The van der Waals surface area contributed by atoms with Gasteiger partial charge in [-0.15, -0.1) is 0 Å². The normalized spacial score (nSPS) is 31.1. The number of esters is 1. The number of furan rings is 1. The Morgan fingerprint density at radius 3 is 2.58 bits per heavy atom. The van der Waals surface area contributed by atoms with Crippen LogP contribution >= 0.6 is 0 Å². The van der Waals surface area contributed by atoms with Crippen molar-refractivity contribution in [2.45, 2.75) is 69.2 Å². The van der Waals surface area contributed by atoms with Crippen molar-refractivity contribution in [3.05, 3.63) is 23.0 Å². The predicted molar refractivity (Wildman–Crippen MR) is 130 cm³/mol. The third-order valence-corrected chi connectivity index (χ3v) is 7.69. The number of amides is 1. The highest BCUT2D eigenvalue weighted by Crippen LogP contribution is 2.50. The third-order valence-electron chi connectivity index (χ3n) is 7.69. The fourth-order valence-corrected chi connectivity index (χ4v) is 5.71. The molecular weight excluding hydrogens is 502 g/mol. The molecule has 1 aromatic carbocycles. The van der Waals surface area contributed by atoms with Crippen LogP contribution in [-0.4, -0.2) is 89.9 Å². The Hall–Kier alpha value is -2.90. The summed E-state index contributed by atoms with van der Waals surface area (Å²) in [6, 6.07) is 0. The quantitative estimate of drug-likeness (QED) is 0.299. The molecule has 2 fully saturated rings. The van der Waals surface area contributed by atoms with Crippen LogP contribution in [0.4, 0.5) is 0 Å². The van der Waals surface area contributed by atoms with Gasteiger partial charge in [-0.25, -0.2) is 0 Å². The van der Waals surface area contributed by atoms with Gasteiger partial charge in [0.1, 0.15) is 24.4 Å². The molecule has 0 radical (unpaired) electrons. The highest BCUT2D eigenvalue weighted by Gasteiger charge is 2.46. The lowest BCUT2D eigenvalue weighted by Crippen LogP contribution is -2.60. The molecule has 2 saturated heterocycles. The van der Waals surface area contributed by atoms with Crippen molar-refractivity contribution < 1.29 is 53.4 Å². The first-order valence-electron chi connectivity index (χ1n) is 12.8. The molecule has 5 rings (SSSR count). The number of aryl methyl sites for hydroxylation is 1. The number of methoxy groups -OCH3 is 1. The number of benzene rings is 1. The second kappa shape index (κ2) is 10.7. The molecule has 2 aromatic rings. The van der Waals surface area contributed by atoms with E-state index in [2.05, 4.69) is 5.32 Å².